The van der Waals surface area contributed by atoms with Crippen LogP contribution < -0.4 is 5.73 Å². The van der Waals surface area contributed by atoms with Crippen molar-refractivity contribution in [2.75, 3.05) is 25.4 Å². The van der Waals surface area contributed by atoms with E-state index in [9.17, 15) is 8.42 Å². The van der Waals surface area contributed by atoms with Gasteiger partial charge in [0.1, 0.15) is 0 Å². The average Bonchev–Trinajstić information content (AvgIpc) is 2.47. The number of aryl methyl sites for hydroxylation is 1. The Morgan fingerprint density at radius 2 is 2.00 bits per heavy atom. The minimum atomic E-state index is -3.11. The van der Waals surface area contributed by atoms with E-state index in [2.05, 4.69) is 4.98 Å². The Kier molecular flexibility index (Phi) is 5.01. The topological polar surface area (TPSA) is 76.3 Å². The molecule has 1 aliphatic rings. The number of hydrogen-bond acceptors (Lipinski definition) is 4. The molecule has 1 aromatic rings. The van der Waals surface area contributed by atoms with Crippen LogP contribution in [-0.2, 0) is 15.4 Å². The third-order valence-corrected chi connectivity index (χ3v) is 6.43. The van der Waals surface area contributed by atoms with Crippen molar-refractivity contribution < 1.29 is 8.42 Å². The van der Waals surface area contributed by atoms with E-state index in [0.717, 1.165) is 24.2 Å². The second-order valence-electron chi connectivity index (χ2n) is 5.86. The number of rotatable bonds is 5. The highest BCUT2D eigenvalue weighted by atomic mass is 32.2. The van der Waals surface area contributed by atoms with Crippen LogP contribution in [0.5, 0.6) is 0 Å². The third-order valence-electron chi connectivity index (χ3n) is 4.36. The van der Waals surface area contributed by atoms with Crippen molar-refractivity contribution >= 4 is 10.0 Å². The first-order valence-corrected chi connectivity index (χ1v) is 9.16. The molecule has 5 nitrogen and oxygen atoms in total. The van der Waals surface area contributed by atoms with Gasteiger partial charge in [0.05, 0.1) is 5.75 Å². The zero-order chi connectivity index (χ0) is 15.5. The minimum Gasteiger partial charge on any atom is -0.330 e. The molecule has 0 radical (unpaired) electrons. The molecule has 0 aliphatic carbocycles. The first-order valence-electron chi connectivity index (χ1n) is 7.55. The van der Waals surface area contributed by atoms with Crippen molar-refractivity contribution in [3.63, 3.8) is 0 Å². The molecule has 2 heterocycles. The molecule has 0 spiro atoms. The van der Waals surface area contributed by atoms with E-state index in [1.54, 1.807) is 4.31 Å². The maximum atomic E-state index is 12.2. The molecule has 1 aromatic heterocycles. The standard InChI is InChI=1S/C15H25N3O2S/c1-3-11-21(19,20)18-9-7-15(12-16,8-10-18)14-6-4-5-13(2)17-14/h4-6H,3,7-12,16H2,1-2H3. The van der Waals surface area contributed by atoms with Crippen LogP contribution in [-0.4, -0.2) is 43.1 Å². The van der Waals surface area contributed by atoms with Gasteiger partial charge in [0.25, 0.3) is 0 Å². The van der Waals surface area contributed by atoms with Gasteiger partial charge in [-0.2, -0.15) is 0 Å². The lowest BCUT2D eigenvalue weighted by molar-refractivity contribution is 0.233. The van der Waals surface area contributed by atoms with E-state index in [4.69, 9.17) is 5.73 Å². The van der Waals surface area contributed by atoms with Gasteiger partial charge in [0.2, 0.25) is 10.0 Å². The van der Waals surface area contributed by atoms with Crippen LogP contribution in [0.15, 0.2) is 18.2 Å². The van der Waals surface area contributed by atoms with Crippen LogP contribution >= 0.6 is 0 Å². The second-order valence-corrected chi connectivity index (χ2v) is 7.95. The predicted molar refractivity (Wildman–Crippen MR) is 84.6 cm³/mol. The Hall–Kier alpha value is -0.980. The summed E-state index contributed by atoms with van der Waals surface area (Å²) in [5.74, 6) is 0.228. The monoisotopic (exact) mass is 311 g/mol. The van der Waals surface area contributed by atoms with Gasteiger partial charge < -0.3 is 5.73 Å². The third kappa shape index (κ3) is 3.44. The average molecular weight is 311 g/mol. The molecule has 118 valence electrons. The highest BCUT2D eigenvalue weighted by Gasteiger charge is 2.39. The maximum Gasteiger partial charge on any atom is 0.214 e. The summed E-state index contributed by atoms with van der Waals surface area (Å²) in [6.45, 7) is 5.44. The highest BCUT2D eigenvalue weighted by Crippen LogP contribution is 2.34. The van der Waals surface area contributed by atoms with Crippen LogP contribution in [0.2, 0.25) is 0 Å². The van der Waals surface area contributed by atoms with E-state index < -0.39 is 10.0 Å². The van der Waals surface area contributed by atoms with Crippen molar-refractivity contribution in [1.29, 1.82) is 0 Å². The molecular formula is C15H25N3O2S. The Balaban J connectivity index is 2.17. The number of nitrogens with zero attached hydrogens (tertiary/aromatic N) is 2. The van der Waals surface area contributed by atoms with E-state index in [1.165, 1.54) is 0 Å². The number of nitrogens with two attached hydrogens (primary N) is 1. The lowest BCUT2D eigenvalue weighted by Crippen LogP contribution is -2.49. The van der Waals surface area contributed by atoms with Gasteiger partial charge in [0.15, 0.2) is 0 Å². The highest BCUT2D eigenvalue weighted by molar-refractivity contribution is 7.89. The summed E-state index contributed by atoms with van der Waals surface area (Å²) in [5, 5.41) is 0. The van der Waals surface area contributed by atoms with Gasteiger partial charge in [-0.05, 0) is 38.3 Å². The van der Waals surface area contributed by atoms with E-state index in [1.807, 2.05) is 32.0 Å². The molecule has 0 amide bonds. The number of hydrogen-bond donors (Lipinski definition) is 1. The molecule has 21 heavy (non-hydrogen) atoms. The Labute approximate surface area is 127 Å². The van der Waals surface area contributed by atoms with Crippen LogP contribution in [0.4, 0.5) is 0 Å². The van der Waals surface area contributed by atoms with Gasteiger partial charge in [-0.15, -0.1) is 0 Å². The number of pyridine rings is 1. The fourth-order valence-corrected chi connectivity index (χ4v) is 4.50. The van der Waals surface area contributed by atoms with E-state index >= 15 is 0 Å². The number of aromatic nitrogens is 1. The zero-order valence-electron chi connectivity index (χ0n) is 12.9. The van der Waals surface area contributed by atoms with Crippen LogP contribution in [0.1, 0.15) is 37.6 Å². The molecule has 2 rings (SSSR count). The summed E-state index contributed by atoms with van der Waals surface area (Å²) >= 11 is 0. The Bertz CT molecular complexity index is 578. The van der Waals surface area contributed by atoms with Crippen LogP contribution in [0, 0.1) is 6.92 Å². The fourth-order valence-electron chi connectivity index (χ4n) is 2.98. The Morgan fingerprint density at radius 3 is 2.52 bits per heavy atom. The first kappa shape index (κ1) is 16.4. The zero-order valence-corrected chi connectivity index (χ0v) is 13.7. The molecule has 1 aliphatic heterocycles. The van der Waals surface area contributed by atoms with Gasteiger partial charge in [-0.1, -0.05) is 13.0 Å². The quantitative estimate of drug-likeness (QED) is 0.892. The molecule has 2 N–H and O–H groups in total. The number of sulfonamides is 1. The van der Waals surface area contributed by atoms with E-state index in [-0.39, 0.29) is 11.2 Å². The molecular weight excluding hydrogens is 286 g/mol. The van der Waals surface area contributed by atoms with Crippen molar-refractivity contribution in [2.24, 2.45) is 5.73 Å². The lowest BCUT2D eigenvalue weighted by atomic mass is 9.76. The van der Waals surface area contributed by atoms with Gasteiger partial charge in [-0.3, -0.25) is 4.98 Å². The van der Waals surface area contributed by atoms with Gasteiger partial charge in [0, 0.05) is 36.4 Å². The summed E-state index contributed by atoms with van der Waals surface area (Å²) in [5.41, 5.74) is 7.81. The normalized spacial score (nSPS) is 19.6. The van der Waals surface area contributed by atoms with Crippen molar-refractivity contribution in [3.8, 4) is 0 Å². The molecule has 0 atom stereocenters. The minimum absolute atomic E-state index is 0.190. The largest absolute Gasteiger partial charge is 0.330 e. The summed E-state index contributed by atoms with van der Waals surface area (Å²) in [6, 6.07) is 5.97. The van der Waals surface area contributed by atoms with Crippen LogP contribution in [0.25, 0.3) is 0 Å². The summed E-state index contributed by atoms with van der Waals surface area (Å²) in [6.07, 6.45) is 2.13. The number of piperidine rings is 1. The van der Waals surface area contributed by atoms with Crippen molar-refractivity contribution in [2.45, 2.75) is 38.5 Å². The molecule has 0 bridgehead atoms. The smallest absolute Gasteiger partial charge is 0.214 e. The molecule has 1 fully saturated rings. The van der Waals surface area contributed by atoms with E-state index in [0.29, 0.717) is 26.1 Å². The molecule has 0 unspecified atom stereocenters. The predicted octanol–water partition coefficient (Wildman–Crippen LogP) is 1.42. The SMILES string of the molecule is CCCS(=O)(=O)N1CCC(CN)(c2cccc(C)n2)CC1. The summed E-state index contributed by atoms with van der Waals surface area (Å²) < 4.78 is 25.9. The fraction of sp³-hybridized carbons (Fsp3) is 0.667. The van der Waals surface area contributed by atoms with Crippen molar-refractivity contribution in [3.05, 3.63) is 29.6 Å². The summed E-state index contributed by atoms with van der Waals surface area (Å²) in [4.78, 5) is 4.62. The molecule has 1 saturated heterocycles. The van der Waals surface area contributed by atoms with Crippen LogP contribution in [0.3, 0.4) is 0 Å². The Morgan fingerprint density at radius 1 is 1.33 bits per heavy atom. The second kappa shape index (κ2) is 6.42. The van der Waals surface area contributed by atoms with Gasteiger partial charge in [-0.25, -0.2) is 12.7 Å². The molecule has 0 saturated carbocycles. The maximum absolute atomic E-state index is 12.2. The molecule has 0 aromatic carbocycles. The lowest BCUT2D eigenvalue weighted by Gasteiger charge is -2.40. The molecule has 6 heteroatoms. The van der Waals surface area contributed by atoms with Gasteiger partial charge >= 0.3 is 0 Å². The summed E-state index contributed by atoms with van der Waals surface area (Å²) in [7, 11) is -3.11. The first-order chi connectivity index (χ1) is 9.93. The van der Waals surface area contributed by atoms with Crippen molar-refractivity contribution in [1.82, 2.24) is 9.29 Å².